The summed E-state index contributed by atoms with van der Waals surface area (Å²) in [5, 5.41) is 13.7. The third-order valence-electron chi connectivity index (χ3n) is 3.18. The van der Waals surface area contributed by atoms with E-state index >= 15 is 0 Å². The Morgan fingerprint density at radius 2 is 2.18 bits per heavy atom. The van der Waals surface area contributed by atoms with Crippen LogP contribution in [0.5, 0.6) is 0 Å². The molecule has 3 heterocycles. The van der Waals surface area contributed by atoms with Crippen LogP contribution in [0.15, 0.2) is 0 Å². The van der Waals surface area contributed by atoms with Gasteiger partial charge in [0.1, 0.15) is 5.01 Å². The van der Waals surface area contributed by atoms with E-state index in [1.807, 2.05) is 11.4 Å². The first-order chi connectivity index (χ1) is 8.23. The molecule has 0 bridgehead atoms. The highest BCUT2D eigenvalue weighted by molar-refractivity contribution is 7.16. The summed E-state index contributed by atoms with van der Waals surface area (Å²) in [6, 6.07) is 0. The zero-order chi connectivity index (χ0) is 11.9. The van der Waals surface area contributed by atoms with Crippen LogP contribution in [-0.2, 0) is 16.7 Å². The maximum atomic E-state index is 6.40. The molecule has 2 N–H and O–H groups in total. The Kier molecular flexibility index (Phi) is 2.61. The number of nitrogens with two attached hydrogens (primary N) is 1. The van der Waals surface area contributed by atoms with Gasteiger partial charge in [0.15, 0.2) is 5.82 Å². The predicted molar refractivity (Wildman–Crippen MR) is 64.0 cm³/mol. The third-order valence-corrected chi connectivity index (χ3v) is 4.30. The maximum absolute atomic E-state index is 6.40. The first-order valence-electron chi connectivity index (χ1n) is 5.81. The smallest absolute Gasteiger partial charge is 0.234 e. The van der Waals surface area contributed by atoms with Crippen LogP contribution >= 0.6 is 11.3 Å². The second-order valence-corrected chi connectivity index (χ2v) is 5.30. The van der Waals surface area contributed by atoms with E-state index in [0.717, 1.165) is 35.1 Å². The molecule has 0 unspecified atom stereocenters. The van der Waals surface area contributed by atoms with Gasteiger partial charge in [-0.1, -0.05) is 18.3 Å². The number of nitrogens with zero attached hydrogens (tertiary/aromatic N) is 4. The molecule has 0 saturated carbocycles. The van der Waals surface area contributed by atoms with Crippen LogP contribution in [-0.4, -0.2) is 33.0 Å². The van der Waals surface area contributed by atoms with Crippen molar-refractivity contribution in [2.24, 2.45) is 5.73 Å². The van der Waals surface area contributed by atoms with Crippen molar-refractivity contribution >= 4 is 16.3 Å². The molecule has 1 aliphatic rings. The molecule has 7 heteroatoms. The fraction of sp³-hybridized carbons (Fsp3) is 0.700. The quantitative estimate of drug-likeness (QED) is 0.853. The second-order valence-electron chi connectivity index (χ2n) is 4.34. The fourth-order valence-corrected chi connectivity index (χ4v) is 3.05. The molecule has 1 saturated heterocycles. The standard InChI is InChI=1S/C10H15N5OS/c1-2-7-12-13-9-15(7)14-8(17-9)10(11)3-5-16-6-4-10/h2-6,11H2,1H3. The lowest BCUT2D eigenvalue weighted by atomic mass is 9.92. The summed E-state index contributed by atoms with van der Waals surface area (Å²) < 4.78 is 7.16. The minimum absolute atomic E-state index is 0.353. The molecule has 3 rings (SSSR count). The summed E-state index contributed by atoms with van der Waals surface area (Å²) in [5.41, 5.74) is 6.05. The van der Waals surface area contributed by atoms with E-state index in [1.54, 1.807) is 0 Å². The van der Waals surface area contributed by atoms with E-state index in [1.165, 1.54) is 11.3 Å². The molecular weight excluding hydrogens is 238 g/mol. The zero-order valence-electron chi connectivity index (χ0n) is 9.72. The summed E-state index contributed by atoms with van der Waals surface area (Å²) in [6.07, 6.45) is 2.46. The molecule has 2 aromatic heterocycles. The van der Waals surface area contributed by atoms with E-state index < -0.39 is 0 Å². The zero-order valence-corrected chi connectivity index (χ0v) is 10.5. The molecule has 1 fully saturated rings. The number of aromatic nitrogens is 4. The Bertz CT molecular complexity index is 528. The lowest BCUT2D eigenvalue weighted by Crippen LogP contribution is -2.42. The molecule has 6 nitrogen and oxygen atoms in total. The van der Waals surface area contributed by atoms with Gasteiger partial charge in [-0.15, -0.1) is 10.2 Å². The van der Waals surface area contributed by atoms with Crippen molar-refractivity contribution < 1.29 is 4.74 Å². The van der Waals surface area contributed by atoms with Crippen LogP contribution < -0.4 is 5.73 Å². The van der Waals surface area contributed by atoms with Gasteiger partial charge in [-0.05, 0) is 12.8 Å². The summed E-state index contributed by atoms with van der Waals surface area (Å²) in [5.74, 6) is 0.887. The molecule has 0 aliphatic carbocycles. The summed E-state index contributed by atoms with van der Waals surface area (Å²) in [6.45, 7) is 3.46. The van der Waals surface area contributed by atoms with Crippen LogP contribution in [0.3, 0.4) is 0 Å². The number of aryl methyl sites for hydroxylation is 1. The minimum Gasteiger partial charge on any atom is -0.381 e. The van der Waals surface area contributed by atoms with Gasteiger partial charge in [0.25, 0.3) is 0 Å². The van der Waals surface area contributed by atoms with Gasteiger partial charge in [-0.2, -0.15) is 9.61 Å². The largest absolute Gasteiger partial charge is 0.381 e. The molecule has 0 amide bonds. The average Bonchev–Trinajstić information content (AvgIpc) is 2.89. The van der Waals surface area contributed by atoms with Crippen molar-refractivity contribution in [2.75, 3.05) is 13.2 Å². The Morgan fingerprint density at radius 3 is 2.88 bits per heavy atom. The molecule has 0 radical (unpaired) electrons. The molecule has 0 atom stereocenters. The van der Waals surface area contributed by atoms with Crippen molar-refractivity contribution in [3.8, 4) is 0 Å². The van der Waals surface area contributed by atoms with Crippen LogP contribution in [0.25, 0.3) is 4.96 Å². The van der Waals surface area contributed by atoms with E-state index in [-0.39, 0.29) is 5.54 Å². The fourth-order valence-electron chi connectivity index (χ4n) is 2.03. The SMILES string of the molecule is CCc1nnc2sc(C3(N)CCOCC3)nn12. The maximum Gasteiger partial charge on any atom is 0.234 e. The lowest BCUT2D eigenvalue weighted by Gasteiger charge is -2.30. The Balaban J connectivity index is 2.02. The Hall–Kier alpha value is -1.05. The monoisotopic (exact) mass is 253 g/mol. The lowest BCUT2D eigenvalue weighted by molar-refractivity contribution is 0.0518. The van der Waals surface area contributed by atoms with Gasteiger partial charge in [-0.25, -0.2) is 0 Å². The summed E-state index contributed by atoms with van der Waals surface area (Å²) in [4.78, 5) is 0.827. The van der Waals surface area contributed by atoms with Gasteiger partial charge >= 0.3 is 0 Å². The topological polar surface area (TPSA) is 78.3 Å². The molecule has 92 valence electrons. The van der Waals surface area contributed by atoms with Gasteiger partial charge in [0.05, 0.1) is 5.54 Å². The van der Waals surface area contributed by atoms with E-state index in [2.05, 4.69) is 15.3 Å². The summed E-state index contributed by atoms with van der Waals surface area (Å²) >= 11 is 1.54. The van der Waals surface area contributed by atoms with E-state index in [9.17, 15) is 0 Å². The molecule has 17 heavy (non-hydrogen) atoms. The van der Waals surface area contributed by atoms with E-state index in [0.29, 0.717) is 13.2 Å². The van der Waals surface area contributed by atoms with Crippen molar-refractivity contribution in [1.29, 1.82) is 0 Å². The van der Waals surface area contributed by atoms with Crippen molar-refractivity contribution in [3.05, 3.63) is 10.8 Å². The second kappa shape index (κ2) is 4.01. The predicted octanol–water partition coefficient (Wildman–Crippen LogP) is 0.713. The third kappa shape index (κ3) is 1.74. The molecular formula is C10H15N5OS. The molecule has 0 aromatic carbocycles. The molecule has 1 aliphatic heterocycles. The number of hydrogen-bond acceptors (Lipinski definition) is 6. The highest BCUT2D eigenvalue weighted by Crippen LogP contribution is 2.32. The van der Waals surface area contributed by atoms with Crippen molar-refractivity contribution in [2.45, 2.75) is 31.7 Å². The van der Waals surface area contributed by atoms with E-state index in [4.69, 9.17) is 10.5 Å². The van der Waals surface area contributed by atoms with Crippen LogP contribution in [0.1, 0.15) is 30.6 Å². The highest BCUT2D eigenvalue weighted by atomic mass is 32.1. The Labute approximate surface area is 103 Å². The van der Waals surface area contributed by atoms with Crippen molar-refractivity contribution in [1.82, 2.24) is 19.8 Å². The number of fused-ring (bicyclic) bond motifs is 1. The van der Waals surface area contributed by atoms with Crippen LogP contribution in [0.2, 0.25) is 0 Å². The normalized spacial score (nSPS) is 19.9. The first-order valence-corrected chi connectivity index (χ1v) is 6.63. The highest BCUT2D eigenvalue weighted by Gasteiger charge is 2.34. The summed E-state index contributed by atoms with van der Waals surface area (Å²) in [7, 11) is 0. The number of hydrogen-bond donors (Lipinski definition) is 1. The minimum atomic E-state index is -0.353. The van der Waals surface area contributed by atoms with Crippen LogP contribution in [0, 0.1) is 0 Å². The average molecular weight is 253 g/mol. The number of rotatable bonds is 2. The van der Waals surface area contributed by atoms with Gasteiger partial charge in [-0.3, -0.25) is 0 Å². The van der Waals surface area contributed by atoms with Crippen LogP contribution in [0.4, 0.5) is 0 Å². The van der Waals surface area contributed by atoms with Gasteiger partial charge in [0, 0.05) is 19.6 Å². The first kappa shape index (κ1) is 11.1. The van der Waals surface area contributed by atoms with Gasteiger partial charge < -0.3 is 10.5 Å². The van der Waals surface area contributed by atoms with Gasteiger partial charge in [0.2, 0.25) is 4.96 Å². The molecule has 2 aromatic rings. The Morgan fingerprint density at radius 1 is 1.41 bits per heavy atom. The number of ether oxygens (including phenoxy) is 1. The molecule has 0 spiro atoms. The van der Waals surface area contributed by atoms with Crippen molar-refractivity contribution in [3.63, 3.8) is 0 Å².